The molecule has 4 rings (SSSR count). The van der Waals surface area contributed by atoms with Crippen molar-refractivity contribution >= 4 is 16.7 Å². The summed E-state index contributed by atoms with van der Waals surface area (Å²) in [6, 6.07) is 8.79. The van der Waals surface area contributed by atoms with E-state index in [0.717, 1.165) is 35.2 Å². The quantitative estimate of drug-likeness (QED) is 0.588. The molecule has 2 aromatic carbocycles. The van der Waals surface area contributed by atoms with E-state index >= 15 is 0 Å². The Labute approximate surface area is 157 Å². The van der Waals surface area contributed by atoms with Crippen LogP contribution in [0.3, 0.4) is 0 Å². The van der Waals surface area contributed by atoms with Crippen molar-refractivity contribution in [2.45, 2.75) is 6.54 Å². The maximum absolute atomic E-state index is 13.2. The van der Waals surface area contributed by atoms with Gasteiger partial charge in [-0.3, -0.25) is 4.79 Å². The monoisotopic (exact) mass is 366 g/mol. The number of aromatic nitrogens is 1. The van der Waals surface area contributed by atoms with Gasteiger partial charge in [-0.25, -0.2) is 0 Å². The lowest BCUT2D eigenvalue weighted by molar-refractivity contribution is 0.104. The minimum absolute atomic E-state index is 0.0554. The van der Waals surface area contributed by atoms with Crippen LogP contribution in [0.15, 0.2) is 30.3 Å². The highest BCUT2D eigenvalue weighted by Crippen LogP contribution is 2.47. The van der Waals surface area contributed by atoms with Gasteiger partial charge in [-0.2, -0.15) is 0 Å². The van der Waals surface area contributed by atoms with Gasteiger partial charge in [-0.15, -0.1) is 0 Å². The molecular formula is C21H22N2O4. The summed E-state index contributed by atoms with van der Waals surface area (Å²) in [5.74, 6) is 1.21. The van der Waals surface area contributed by atoms with Gasteiger partial charge in [0.25, 0.3) is 0 Å². The van der Waals surface area contributed by atoms with Gasteiger partial charge in [0.2, 0.25) is 0 Å². The number of phenols is 1. The lowest BCUT2D eigenvalue weighted by Gasteiger charge is -2.15. The van der Waals surface area contributed by atoms with Gasteiger partial charge >= 0.3 is 0 Å². The third-order valence-electron chi connectivity index (χ3n) is 5.07. The van der Waals surface area contributed by atoms with Crippen LogP contribution < -0.4 is 9.47 Å². The van der Waals surface area contributed by atoms with E-state index in [0.29, 0.717) is 22.6 Å². The molecule has 0 bridgehead atoms. The Kier molecular flexibility index (Phi) is 4.08. The zero-order valence-corrected chi connectivity index (χ0v) is 15.9. The summed E-state index contributed by atoms with van der Waals surface area (Å²) in [5.41, 5.74) is 3.88. The fourth-order valence-electron chi connectivity index (χ4n) is 3.78. The summed E-state index contributed by atoms with van der Waals surface area (Å²) in [7, 11) is 7.18. The Balaban J connectivity index is 2.03. The first-order chi connectivity index (χ1) is 13.0. The van der Waals surface area contributed by atoms with E-state index in [1.807, 2.05) is 26.2 Å². The number of phenolic OH excluding ortho intramolecular Hbond substituents is 1. The Morgan fingerprint density at radius 2 is 1.70 bits per heavy atom. The largest absolute Gasteiger partial charge is 0.508 e. The molecule has 0 saturated heterocycles. The molecule has 3 aromatic rings. The number of aromatic hydroxyl groups is 1. The van der Waals surface area contributed by atoms with Crippen LogP contribution in [0.4, 0.5) is 0 Å². The van der Waals surface area contributed by atoms with Gasteiger partial charge in [0.05, 0.1) is 25.5 Å². The smallest absolute Gasteiger partial charge is 0.196 e. The number of carbonyl (C=O) groups excluding carboxylic acids is 1. The van der Waals surface area contributed by atoms with E-state index in [4.69, 9.17) is 9.47 Å². The molecule has 0 fully saturated rings. The predicted molar refractivity (Wildman–Crippen MR) is 104 cm³/mol. The van der Waals surface area contributed by atoms with E-state index < -0.39 is 0 Å². The van der Waals surface area contributed by atoms with E-state index in [2.05, 4.69) is 9.47 Å². The number of hydrogen-bond acceptors (Lipinski definition) is 5. The van der Waals surface area contributed by atoms with Crippen molar-refractivity contribution in [2.24, 2.45) is 0 Å². The summed E-state index contributed by atoms with van der Waals surface area (Å²) in [6.07, 6.45) is 0. The first-order valence-corrected chi connectivity index (χ1v) is 8.77. The van der Waals surface area contributed by atoms with Crippen LogP contribution in [-0.2, 0) is 6.54 Å². The fraction of sp³-hybridized carbons (Fsp3) is 0.286. The number of hydrogen-bond donors (Lipinski definition) is 1. The first-order valence-electron chi connectivity index (χ1n) is 8.77. The van der Waals surface area contributed by atoms with Crippen LogP contribution in [0.25, 0.3) is 22.2 Å². The summed E-state index contributed by atoms with van der Waals surface area (Å²) >= 11 is 0. The van der Waals surface area contributed by atoms with Crippen LogP contribution >= 0.6 is 0 Å². The van der Waals surface area contributed by atoms with Crippen molar-refractivity contribution < 1.29 is 19.4 Å². The molecule has 0 atom stereocenters. The molecule has 1 N–H and O–H groups in total. The van der Waals surface area contributed by atoms with Gasteiger partial charge in [-0.05, 0) is 44.4 Å². The van der Waals surface area contributed by atoms with Gasteiger partial charge < -0.3 is 24.0 Å². The minimum atomic E-state index is -0.0554. The maximum Gasteiger partial charge on any atom is 0.196 e. The molecular weight excluding hydrogens is 344 g/mol. The zero-order chi connectivity index (χ0) is 19.3. The second-order valence-electron chi connectivity index (χ2n) is 6.96. The van der Waals surface area contributed by atoms with Crippen LogP contribution in [0.5, 0.6) is 17.2 Å². The average Bonchev–Trinajstić information content (AvgIpc) is 3.11. The molecule has 27 heavy (non-hydrogen) atoms. The number of ether oxygens (including phenoxy) is 2. The summed E-state index contributed by atoms with van der Waals surface area (Å²) < 4.78 is 13.0. The number of rotatable bonds is 5. The molecule has 0 spiro atoms. The van der Waals surface area contributed by atoms with Crippen molar-refractivity contribution in [3.8, 4) is 28.5 Å². The molecule has 6 nitrogen and oxygen atoms in total. The Morgan fingerprint density at radius 3 is 2.33 bits per heavy atom. The molecule has 1 aliphatic rings. The molecule has 140 valence electrons. The summed E-state index contributed by atoms with van der Waals surface area (Å²) in [4.78, 5) is 15.3. The van der Waals surface area contributed by atoms with Gasteiger partial charge in [0.15, 0.2) is 17.3 Å². The maximum atomic E-state index is 13.2. The number of likely N-dealkylation sites (N-methyl/N-ethyl adjacent to an activating group) is 1. The summed E-state index contributed by atoms with van der Waals surface area (Å²) in [6.45, 7) is 1.55. The molecule has 6 heteroatoms. The van der Waals surface area contributed by atoms with Gasteiger partial charge in [0.1, 0.15) is 5.75 Å². The molecule has 0 saturated carbocycles. The Morgan fingerprint density at radius 1 is 1.04 bits per heavy atom. The molecule has 0 unspecified atom stereocenters. The van der Waals surface area contributed by atoms with Crippen LogP contribution in [0.2, 0.25) is 0 Å². The van der Waals surface area contributed by atoms with Crippen LogP contribution in [0, 0.1) is 0 Å². The molecule has 1 heterocycles. The van der Waals surface area contributed by atoms with Gasteiger partial charge in [-0.1, -0.05) is 0 Å². The lowest BCUT2D eigenvalue weighted by Crippen LogP contribution is -2.18. The topological polar surface area (TPSA) is 63.9 Å². The van der Waals surface area contributed by atoms with Crippen molar-refractivity contribution in [1.29, 1.82) is 0 Å². The predicted octanol–water partition coefficient (Wildman–Crippen LogP) is 3.14. The van der Waals surface area contributed by atoms with E-state index in [1.54, 1.807) is 32.4 Å². The molecule has 0 aliphatic heterocycles. The second-order valence-corrected chi connectivity index (χ2v) is 6.96. The number of benzene rings is 2. The molecule has 1 aliphatic carbocycles. The number of methoxy groups -OCH3 is 2. The average molecular weight is 366 g/mol. The standard InChI is InChI=1S/C21H22N2O4/c1-22(2)7-8-23-16-6-5-12(24)9-15(16)19-20(23)13-10-17(26-3)18(27-4)11-14(13)21(19)25/h5-6,9-11,24H,7-8H2,1-4H3. The molecule has 0 amide bonds. The Bertz CT molecular complexity index is 1070. The lowest BCUT2D eigenvalue weighted by atomic mass is 10.1. The number of nitrogens with zero attached hydrogens (tertiary/aromatic N) is 2. The van der Waals surface area contributed by atoms with Crippen molar-refractivity contribution in [1.82, 2.24) is 9.47 Å². The minimum Gasteiger partial charge on any atom is -0.508 e. The highest BCUT2D eigenvalue weighted by molar-refractivity contribution is 6.28. The van der Waals surface area contributed by atoms with E-state index in [1.165, 1.54) is 0 Å². The van der Waals surface area contributed by atoms with Crippen LogP contribution in [-0.4, -0.2) is 55.2 Å². The SMILES string of the molecule is COc1cc2c(cc1OC)-c1c(c3cc(O)ccc3n1CCN(C)C)C2=O. The normalized spacial score (nSPS) is 12.6. The van der Waals surface area contributed by atoms with Gasteiger partial charge in [0, 0.05) is 35.1 Å². The van der Waals surface area contributed by atoms with Crippen molar-refractivity contribution in [3.05, 3.63) is 41.5 Å². The first kappa shape index (κ1) is 17.4. The number of carbonyl (C=O) groups is 1. The number of fused-ring (bicyclic) bond motifs is 5. The summed E-state index contributed by atoms with van der Waals surface area (Å²) in [5, 5.41) is 10.8. The molecule has 0 radical (unpaired) electrons. The van der Waals surface area contributed by atoms with E-state index in [9.17, 15) is 9.90 Å². The van der Waals surface area contributed by atoms with Crippen molar-refractivity contribution in [3.63, 3.8) is 0 Å². The van der Waals surface area contributed by atoms with E-state index in [-0.39, 0.29) is 11.5 Å². The molecule has 1 aromatic heterocycles. The van der Waals surface area contributed by atoms with Crippen LogP contribution in [0.1, 0.15) is 15.9 Å². The third kappa shape index (κ3) is 2.56. The number of ketones is 1. The second kappa shape index (κ2) is 6.32. The highest BCUT2D eigenvalue weighted by Gasteiger charge is 2.35. The highest BCUT2D eigenvalue weighted by atomic mass is 16.5. The third-order valence-corrected chi connectivity index (χ3v) is 5.07. The fourth-order valence-corrected chi connectivity index (χ4v) is 3.78. The zero-order valence-electron chi connectivity index (χ0n) is 15.9. The Hall–Kier alpha value is -2.99. The van der Waals surface area contributed by atoms with Crippen molar-refractivity contribution in [2.75, 3.05) is 34.9 Å².